The lowest BCUT2D eigenvalue weighted by Gasteiger charge is -2.31. The molecule has 0 rings (SSSR count). The van der Waals surface area contributed by atoms with Crippen LogP contribution in [-0.4, -0.2) is 28.0 Å². The molecule has 1 N–H and O–H groups in total. The van der Waals surface area contributed by atoms with Crippen molar-refractivity contribution in [3.05, 3.63) is 24.6 Å². The molecule has 0 aromatic heterocycles. The van der Waals surface area contributed by atoms with Gasteiger partial charge in [0.25, 0.3) is 0 Å². The first-order valence-electron chi connectivity index (χ1n) is 4.62. The van der Waals surface area contributed by atoms with Crippen molar-refractivity contribution in [1.29, 1.82) is 0 Å². The van der Waals surface area contributed by atoms with Crippen molar-refractivity contribution in [3.63, 3.8) is 0 Å². The molecule has 0 saturated carbocycles. The predicted molar refractivity (Wildman–Crippen MR) is 63.2 cm³/mol. The third-order valence-electron chi connectivity index (χ3n) is 1.63. The fraction of sp³-hybridized carbons (Fsp3) is 0.556. The number of hydrogen-bond acceptors (Lipinski definition) is 3. The molecule has 0 bridgehead atoms. The van der Waals surface area contributed by atoms with Gasteiger partial charge in [0.05, 0.1) is 0 Å². The van der Waals surface area contributed by atoms with Crippen LogP contribution in [0.2, 0.25) is 13.1 Å². The minimum atomic E-state index is -2.77. The molecule has 0 aromatic carbocycles. The topological polar surface area (TPSA) is 38.7 Å². The molecule has 0 heterocycles. The molecule has 0 saturated heterocycles. The van der Waals surface area contributed by atoms with Gasteiger partial charge in [-0.1, -0.05) is 11.4 Å². The van der Waals surface area contributed by atoms with Crippen LogP contribution in [-0.2, 0) is 8.54 Å². The van der Waals surface area contributed by atoms with Crippen LogP contribution in [0.1, 0.15) is 13.8 Å². The van der Waals surface area contributed by atoms with Crippen LogP contribution in [0, 0.1) is 0 Å². The van der Waals surface area contributed by atoms with Crippen molar-refractivity contribution in [2.75, 3.05) is 0 Å². The van der Waals surface area contributed by atoms with Crippen molar-refractivity contribution in [2.24, 2.45) is 0 Å². The second kappa shape index (κ2) is 5.04. The molecule has 0 aliphatic heterocycles. The van der Waals surface area contributed by atoms with Gasteiger partial charge in [-0.15, -0.1) is 13.2 Å². The minimum absolute atomic E-state index is 0.0688. The number of hydrogen-bond donors (Lipinski definition) is 1. The van der Waals surface area contributed by atoms with Gasteiger partial charge in [-0.25, -0.2) is 0 Å². The van der Waals surface area contributed by atoms with Crippen LogP contribution < -0.4 is 0 Å². The van der Waals surface area contributed by atoms with E-state index in [4.69, 9.17) is 8.54 Å². The summed E-state index contributed by atoms with van der Waals surface area (Å²) in [6.07, 6.45) is 0.0688. The Hall–Kier alpha value is -0.206. The van der Waals surface area contributed by atoms with Crippen LogP contribution >= 0.6 is 0 Å². The van der Waals surface area contributed by atoms with E-state index in [2.05, 4.69) is 13.2 Å². The SMILES string of the molecule is C=C[Si](C)(O)O[Si](C)(C=C)OC(C)C. The van der Waals surface area contributed by atoms with E-state index >= 15 is 0 Å². The lowest BCUT2D eigenvalue weighted by Crippen LogP contribution is -2.49. The molecule has 2 unspecified atom stereocenters. The third-order valence-corrected chi connectivity index (χ3v) is 7.34. The Morgan fingerprint density at radius 1 is 1.21 bits per heavy atom. The molecule has 5 heteroatoms. The third kappa shape index (κ3) is 4.87. The summed E-state index contributed by atoms with van der Waals surface area (Å²) in [5.41, 5.74) is 3.16. The van der Waals surface area contributed by atoms with Crippen LogP contribution in [0.15, 0.2) is 24.6 Å². The van der Waals surface area contributed by atoms with Gasteiger partial charge in [0.1, 0.15) is 0 Å². The summed E-state index contributed by atoms with van der Waals surface area (Å²) in [6, 6.07) is 0. The Morgan fingerprint density at radius 2 is 1.71 bits per heavy atom. The zero-order valence-corrected chi connectivity index (χ0v) is 11.4. The normalized spacial score (nSPS) is 19.9. The average Bonchev–Trinajstić information content (AvgIpc) is 2.02. The van der Waals surface area contributed by atoms with Crippen molar-refractivity contribution < 1.29 is 13.3 Å². The van der Waals surface area contributed by atoms with Gasteiger partial charge >= 0.3 is 17.1 Å². The fourth-order valence-corrected chi connectivity index (χ4v) is 6.21. The highest BCUT2D eigenvalue weighted by molar-refractivity contribution is 6.84. The van der Waals surface area contributed by atoms with E-state index in [1.165, 1.54) is 5.70 Å². The highest BCUT2D eigenvalue weighted by Gasteiger charge is 2.37. The van der Waals surface area contributed by atoms with Crippen LogP contribution in [0.5, 0.6) is 0 Å². The lowest BCUT2D eigenvalue weighted by atomic mass is 10.5. The van der Waals surface area contributed by atoms with E-state index < -0.39 is 17.1 Å². The minimum Gasteiger partial charge on any atom is -0.409 e. The summed E-state index contributed by atoms with van der Waals surface area (Å²) in [5.74, 6) is 0. The van der Waals surface area contributed by atoms with Crippen molar-refractivity contribution in [2.45, 2.75) is 33.0 Å². The fourth-order valence-electron chi connectivity index (χ4n) is 1.03. The first-order chi connectivity index (χ1) is 6.24. The van der Waals surface area contributed by atoms with Crippen LogP contribution in [0.25, 0.3) is 0 Å². The molecule has 14 heavy (non-hydrogen) atoms. The summed E-state index contributed by atoms with van der Waals surface area (Å²) in [6.45, 7) is 14.6. The molecular formula is C9H20O3Si2. The van der Waals surface area contributed by atoms with E-state index in [1.807, 2.05) is 20.4 Å². The zero-order valence-electron chi connectivity index (χ0n) is 9.41. The summed E-state index contributed by atoms with van der Waals surface area (Å²) in [5, 5.41) is 0. The van der Waals surface area contributed by atoms with Crippen molar-refractivity contribution >= 4 is 17.1 Å². The van der Waals surface area contributed by atoms with Gasteiger partial charge in [-0.05, 0) is 26.9 Å². The van der Waals surface area contributed by atoms with Crippen molar-refractivity contribution in [1.82, 2.24) is 0 Å². The molecule has 2 atom stereocenters. The molecular weight excluding hydrogens is 212 g/mol. The maximum Gasteiger partial charge on any atom is 0.352 e. The Morgan fingerprint density at radius 3 is 2.00 bits per heavy atom. The second-order valence-electron chi connectivity index (χ2n) is 3.75. The van der Waals surface area contributed by atoms with E-state index in [9.17, 15) is 4.80 Å². The Balaban J connectivity index is 4.54. The van der Waals surface area contributed by atoms with Gasteiger partial charge < -0.3 is 13.3 Å². The molecule has 82 valence electrons. The van der Waals surface area contributed by atoms with Crippen LogP contribution in [0.4, 0.5) is 0 Å². The molecule has 0 aromatic rings. The largest absolute Gasteiger partial charge is 0.409 e. The van der Waals surface area contributed by atoms with Crippen molar-refractivity contribution in [3.8, 4) is 0 Å². The highest BCUT2D eigenvalue weighted by Crippen LogP contribution is 2.17. The van der Waals surface area contributed by atoms with E-state index in [0.717, 1.165) is 0 Å². The lowest BCUT2D eigenvalue weighted by molar-refractivity contribution is 0.182. The summed E-state index contributed by atoms with van der Waals surface area (Å²) < 4.78 is 11.3. The first-order valence-corrected chi connectivity index (χ1v) is 9.45. The molecule has 0 aliphatic rings. The predicted octanol–water partition coefficient (Wildman–Crippen LogP) is 2.01. The summed E-state index contributed by atoms with van der Waals surface area (Å²) in [4.78, 5) is 9.81. The van der Waals surface area contributed by atoms with E-state index in [1.54, 1.807) is 12.2 Å². The van der Waals surface area contributed by atoms with Gasteiger partial charge in [0, 0.05) is 6.10 Å². The molecule has 0 spiro atoms. The average molecular weight is 232 g/mol. The first kappa shape index (κ1) is 13.8. The van der Waals surface area contributed by atoms with Gasteiger partial charge in [0.2, 0.25) is 0 Å². The molecule has 0 aliphatic carbocycles. The Bertz CT molecular complexity index is 216. The van der Waals surface area contributed by atoms with Gasteiger partial charge in [-0.3, -0.25) is 0 Å². The van der Waals surface area contributed by atoms with Gasteiger partial charge in [0.15, 0.2) is 0 Å². The molecule has 0 fully saturated rings. The van der Waals surface area contributed by atoms with E-state index in [-0.39, 0.29) is 6.10 Å². The summed E-state index contributed by atoms with van der Waals surface area (Å²) >= 11 is 0. The molecule has 0 radical (unpaired) electrons. The Kier molecular flexibility index (Phi) is 4.96. The monoisotopic (exact) mass is 232 g/mol. The molecule has 0 amide bonds. The standard InChI is InChI=1S/C9H20O3Si2/c1-7-13(5,10)12-14(6,8-2)11-9(3)4/h7-10H,1-2H2,3-6H3. The second-order valence-corrected chi connectivity index (χ2v) is 9.76. The van der Waals surface area contributed by atoms with Gasteiger partial charge in [-0.2, -0.15) is 0 Å². The maximum atomic E-state index is 9.81. The van der Waals surface area contributed by atoms with E-state index in [0.29, 0.717) is 0 Å². The molecule has 3 nitrogen and oxygen atoms in total. The number of rotatable bonds is 6. The highest BCUT2D eigenvalue weighted by atomic mass is 28.5. The smallest absolute Gasteiger partial charge is 0.352 e. The zero-order chi connectivity index (χ0) is 11.4. The Labute approximate surface area is 88.6 Å². The maximum absolute atomic E-state index is 9.81. The summed E-state index contributed by atoms with van der Waals surface area (Å²) in [7, 11) is -5.21. The van der Waals surface area contributed by atoms with Crippen LogP contribution in [0.3, 0.4) is 0 Å². The quantitative estimate of drug-likeness (QED) is 0.712.